The molecule has 64 valence electrons. The Morgan fingerprint density at radius 2 is 2.08 bits per heavy atom. The Hall–Kier alpha value is -0.630. The highest BCUT2D eigenvalue weighted by molar-refractivity contribution is 6.21. The van der Waals surface area contributed by atoms with Gasteiger partial charge in [-0.05, 0) is 30.0 Å². The maximum Gasteiger partial charge on any atom is 0.162 e. The highest BCUT2D eigenvalue weighted by Crippen LogP contribution is 2.37. The number of benzene rings is 1. The van der Waals surface area contributed by atoms with Crippen LogP contribution in [-0.2, 0) is 6.42 Å². The van der Waals surface area contributed by atoms with E-state index in [1.807, 2.05) is 0 Å². The predicted octanol–water partition coefficient (Wildman–Crippen LogP) is 3.19. The standard InChI is InChI=1S/C9H7ClF2/c10-7-3-1-6-5(7)2-4-8(11)9(6)12/h2,4,7H,1,3H2. The lowest BCUT2D eigenvalue weighted by molar-refractivity contribution is 0.500. The molecule has 1 aromatic carbocycles. The van der Waals surface area contributed by atoms with Gasteiger partial charge in [0, 0.05) is 0 Å². The minimum atomic E-state index is -0.778. The summed E-state index contributed by atoms with van der Waals surface area (Å²) in [6.07, 6.45) is 1.25. The topological polar surface area (TPSA) is 0 Å². The molecule has 2 rings (SSSR count). The van der Waals surface area contributed by atoms with E-state index >= 15 is 0 Å². The predicted molar refractivity (Wildman–Crippen MR) is 43.3 cm³/mol. The van der Waals surface area contributed by atoms with Crippen molar-refractivity contribution >= 4 is 11.6 Å². The molecule has 0 amide bonds. The summed E-state index contributed by atoms with van der Waals surface area (Å²) in [5, 5.41) is -0.143. The van der Waals surface area contributed by atoms with E-state index in [0.717, 1.165) is 11.6 Å². The maximum absolute atomic E-state index is 13.0. The summed E-state index contributed by atoms with van der Waals surface area (Å²) in [6, 6.07) is 2.70. The second-order valence-electron chi connectivity index (χ2n) is 2.94. The van der Waals surface area contributed by atoms with Gasteiger partial charge >= 0.3 is 0 Å². The number of rotatable bonds is 0. The molecular formula is C9H7ClF2. The quantitative estimate of drug-likeness (QED) is 0.549. The van der Waals surface area contributed by atoms with E-state index in [-0.39, 0.29) is 5.38 Å². The van der Waals surface area contributed by atoms with Crippen molar-refractivity contribution in [3.63, 3.8) is 0 Å². The molecule has 1 aromatic rings. The molecule has 0 N–H and O–H groups in total. The fourth-order valence-corrected chi connectivity index (χ4v) is 1.90. The third-order valence-electron chi connectivity index (χ3n) is 2.22. The summed E-state index contributed by atoms with van der Waals surface area (Å²) in [5.41, 5.74) is 1.20. The summed E-state index contributed by atoms with van der Waals surface area (Å²) in [6.45, 7) is 0. The van der Waals surface area contributed by atoms with Crippen LogP contribution in [-0.4, -0.2) is 0 Å². The van der Waals surface area contributed by atoms with Gasteiger partial charge in [-0.2, -0.15) is 0 Å². The van der Waals surface area contributed by atoms with Gasteiger partial charge in [-0.3, -0.25) is 0 Å². The van der Waals surface area contributed by atoms with Crippen molar-refractivity contribution in [2.75, 3.05) is 0 Å². The van der Waals surface area contributed by atoms with E-state index < -0.39 is 11.6 Å². The van der Waals surface area contributed by atoms with Crippen molar-refractivity contribution in [3.05, 3.63) is 34.9 Å². The average molecular weight is 189 g/mol. The second-order valence-corrected chi connectivity index (χ2v) is 3.46. The molecule has 1 unspecified atom stereocenters. The van der Waals surface area contributed by atoms with Crippen LogP contribution < -0.4 is 0 Å². The lowest BCUT2D eigenvalue weighted by Gasteiger charge is -2.02. The summed E-state index contributed by atoms with van der Waals surface area (Å²) in [7, 11) is 0. The van der Waals surface area contributed by atoms with Crippen LogP contribution in [0, 0.1) is 11.6 Å². The molecule has 0 spiro atoms. The van der Waals surface area contributed by atoms with E-state index in [2.05, 4.69) is 0 Å². The van der Waals surface area contributed by atoms with Gasteiger partial charge in [0.15, 0.2) is 11.6 Å². The van der Waals surface area contributed by atoms with E-state index in [4.69, 9.17) is 11.6 Å². The van der Waals surface area contributed by atoms with Crippen molar-refractivity contribution in [1.82, 2.24) is 0 Å². The Morgan fingerprint density at radius 1 is 1.33 bits per heavy atom. The van der Waals surface area contributed by atoms with E-state index in [1.54, 1.807) is 6.07 Å². The Morgan fingerprint density at radius 3 is 2.83 bits per heavy atom. The van der Waals surface area contributed by atoms with Crippen molar-refractivity contribution < 1.29 is 8.78 Å². The van der Waals surface area contributed by atoms with Gasteiger partial charge < -0.3 is 0 Å². The molecule has 3 heteroatoms. The number of hydrogen-bond donors (Lipinski definition) is 0. The molecule has 0 aromatic heterocycles. The molecule has 0 nitrogen and oxygen atoms in total. The van der Waals surface area contributed by atoms with Crippen molar-refractivity contribution in [3.8, 4) is 0 Å². The minimum absolute atomic E-state index is 0.143. The molecule has 1 atom stereocenters. The van der Waals surface area contributed by atoms with Crippen LogP contribution in [0.1, 0.15) is 22.9 Å². The van der Waals surface area contributed by atoms with Crippen LogP contribution in [0.5, 0.6) is 0 Å². The summed E-state index contributed by atoms with van der Waals surface area (Å²) in [4.78, 5) is 0. The number of fused-ring (bicyclic) bond motifs is 1. The average Bonchev–Trinajstić information content (AvgIpc) is 2.41. The van der Waals surface area contributed by atoms with Crippen LogP contribution >= 0.6 is 11.6 Å². The first kappa shape index (κ1) is 7.99. The molecule has 0 saturated carbocycles. The van der Waals surface area contributed by atoms with E-state index in [1.165, 1.54) is 0 Å². The van der Waals surface area contributed by atoms with Gasteiger partial charge in [0.25, 0.3) is 0 Å². The second kappa shape index (κ2) is 2.70. The first-order valence-electron chi connectivity index (χ1n) is 3.81. The number of hydrogen-bond acceptors (Lipinski definition) is 0. The van der Waals surface area contributed by atoms with Crippen LogP contribution in [0.15, 0.2) is 12.1 Å². The molecule has 0 bridgehead atoms. The minimum Gasteiger partial charge on any atom is -0.204 e. The largest absolute Gasteiger partial charge is 0.204 e. The maximum atomic E-state index is 13.0. The van der Waals surface area contributed by atoms with E-state index in [0.29, 0.717) is 18.4 Å². The molecule has 0 heterocycles. The van der Waals surface area contributed by atoms with Gasteiger partial charge in [-0.15, -0.1) is 11.6 Å². The Kier molecular flexibility index (Phi) is 1.80. The highest BCUT2D eigenvalue weighted by Gasteiger charge is 2.24. The first-order chi connectivity index (χ1) is 5.70. The molecular weight excluding hydrogens is 182 g/mol. The number of halogens is 3. The lowest BCUT2D eigenvalue weighted by Crippen LogP contribution is -1.93. The zero-order valence-corrected chi connectivity index (χ0v) is 7.04. The fourth-order valence-electron chi connectivity index (χ4n) is 1.58. The van der Waals surface area contributed by atoms with Crippen molar-refractivity contribution in [2.24, 2.45) is 0 Å². The normalized spacial score (nSPS) is 21.1. The molecule has 1 aliphatic rings. The Labute approximate surface area is 74.2 Å². The first-order valence-corrected chi connectivity index (χ1v) is 4.24. The van der Waals surface area contributed by atoms with Gasteiger partial charge in [0.2, 0.25) is 0 Å². The van der Waals surface area contributed by atoms with Crippen LogP contribution in [0.3, 0.4) is 0 Å². The Balaban J connectivity index is 2.60. The van der Waals surface area contributed by atoms with Crippen molar-refractivity contribution in [1.29, 1.82) is 0 Å². The summed E-state index contributed by atoms with van der Waals surface area (Å²) >= 11 is 5.88. The summed E-state index contributed by atoms with van der Waals surface area (Å²) < 4.78 is 25.7. The summed E-state index contributed by atoms with van der Waals surface area (Å²) in [5.74, 6) is -1.50. The smallest absolute Gasteiger partial charge is 0.162 e. The zero-order chi connectivity index (χ0) is 8.72. The molecule has 12 heavy (non-hydrogen) atoms. The van der Waals surface area contributed by atoms with E-state index in [9.17, 15) is 8.78 Å². The molecule has 1 aliphatic carbocycles. The van der Waals surface area contributed by atoms with Gasteiger partial charge in [0.1, 0.15) is 0 Å². The zero-order valence-electron chi connectivity index (χ0n) is 6.28. The van der Waals surface area contributed by atoms with Crippen LogP contribution in [0.25, 0.3) is 0 Å². The third kappa shape index (κ3) is 1.02. The molecule has 0 aliphatic heterocycles. The monoisotopic (exact) mass is 188 g/mol. The molecule has 0 saturated heterocycles. The van der Waals surface area contributed by atoms with Crippen LogP contribution in [0.4, 0.5) is 8.78 Å². The Bertz CT molecular complexity index is 323. The molecule has 0 radical (unpaired) electrons. The van der Waals surface area contributed by atoms with Crippen molar-refractivity contribution in [2.45, 2.75) is 18.2 Å². The van der Waals surface area contributed by atoms with Gasteiger partial charge in [-0.25, -0.2) is 8.78 Å². The third-order valence-corrected chi connectivity index (χ3v) is 2.67. The number of alkyl halides is 1. The lowest BCUT2D eigenvalue weighted by atomic mass is 10.1. The van der Waals surface area contributed by atoms with Crippen LogP contribution in [0.2, 0.25) is 0 Å². The van der Waals surface area contributed by atoms with Gasteiger partial charge in [-0.1, -0.05) is 6.07 Å². The van der Waals surface area contributed by atoms with Gasteiger partial charge in [0.05, 0.1) is 5.38 Å². The molecule has 0 fully saturated rings. The SMILES string of the molecule is Fc1ccc2c(c1F)CCC2Cl. The highest BCUT2D eigenvalue weighted by atomic mass is 35.5. The fraction of sp³-hybridized carbons (Fsp3) is 0.333.